The van der Waals surface area contributed by atoms with Crippen molar-refractivity contribution in [3.63, 3.8) is 0 Å². The number of hydrogen-bond donors (Lipinski definition) is 1. The third-order valence-corrected chi connectivity index (χ3v) is 6.51. The fraction of sp³-hybridized carbons (Fsp3) is 0.500. The average Bonchev–Trinajstić information content (AvgIpc) is 2.86. The van der Waals surface area contributed by atoms with E-state index < -0.39 is 0 Å². The lowest BCUT2D eigenvalue weighted by atomic mass is 9.87. The lowest BCUT2D eigenvalue weighted by molar-refractivity contribution is 0.0505. The minimum atomic E-state index is -0.315. The Bertz CT molecular complexity index is 875. The number of nitrogens with one attached hydrogen (secondary N) is 1. The Kier molecular flexibility index (Phi) is 6.78. The Labute approximate surface area is 177 Å². The monoisotopic (exact) mass is 413 g/mol. The molecule has 0 bridgehead atoms. The van der Waals surface area contributed by atoms with Gasteiger partial charge < -0.3 is 10.1 Å². The highest BCUT2D eigenvalue weighted by Crippen LogP contribution is 2.38. The lowest BCUT2D eigenvalue weighted by Gasteiger charge is -2.19. The van der Waals surface area contributed by atoms with E-state index in [9.17, 15) is 9.59 Å². The SMILES string of the molecule is CCCOC(=O)c1c(NC(=O)c2ccc(C(C)(C)C)cc2)sc2c1CCCCC2. The van der Waals surface area contributed by atoms with Crippen molar-refractivity contribution >= 4 is 28.2 Å². The van der Waals surface area contributed by atoms with Crippen molar-refractivity contribution in [1.29, 1.82) is 0 Å². The lowest BCUT2D eigenvalue weighted by Crippen LogP contribution is -2.16. The van der Waals surface area contributed by atoms with Crippen molar-refractivity contribution in [3.8, 4) is 0 Å². The Morgan fingerprint density at radius 1 is 1.07 bits per heavy atom. The molecule has 1 heterocycles. The van der Waals surface area contributed by atoms with Crippen LogP contribution in [0.2, 0.25) is 0 Å². The van der Waals surface area contributed by atoms with Gasteiger partial charge in [-0.2, -0.15) is 0 Å². The van der Waals surface area contributed by atoms with Gasteiger partial charge in [-0.3, -0.25) is 4.79 Å². The van der Waals surface area contributed by atoms with Crippen LogP contribution in [0.1, 0.15) is 90.1 Å². The molecule has 0 saturated heterocycles. The van der Waals surface area contributed by atoms with E-state index in [0.717, 1.165) is 37.7 Å². The number of esters is 1. The number of hydrogen-bond acceptors (Lipinski definition) is 4. The molecule has 0 saturated carbocycles. The number of anilines is 1. The number of benzene rings is 1. The van der Waals surface area contributed by atoms with Crippen LogP contribution in [-0.2, 0) is 23.0 Å². The van der Waals surface area contributed by atoms with Crippen LogP contribution in [0.25, 0.3) is 0 Å². The van der Waals surface area contributed by atoms with Crippen molar-refractivity contribution in [3.05, 3.63) is 51.4 Å². The number of ether oxygens (including phenoxy) is 1. The first-order chi connectivity index (χ1) is 13.8. The number of rotatable bonds is 5. The molecule has 1 aliphatic rings. The quantitative estimate of drug-likeness (QED) is 0.473. The molecule has 0 atom stereocenters. The van der Waals surface area contributed by atoms with Crippen molar-refractivity contribution < 1.29 is 14.3 Å². The van der Waals surface area contributed by atoms with Crippen LogP contribution >= 0.6 is 11.3 Å². The molecule has 3 rings (SSSR count). The standard InChI is InChI=1S/C24H31NO3S/c1-5-15-28-23(27)20-18-9-7-6-8-10-19(18)29-22(20)25-21(26)16-11-13-17(14-12-16)24(2,3)4/h11-14H,5-10,15H2,1-4H3,(H,25,26). The van der Waals surface area contributed by atoms with Gasteiger partial charge in [0, 0.05) is 10.4 Å². The maximum absolute atomic E-state index is 12.9. The van der Waals surface area contributed by atoms with Crippen LogP contribution in [0.5, 0.6) is 0 Å². The number of carbonyl (C=O) groups is 2. The van der Waals surface area contributed by atoms with Crippen LogP contribution in [0.4, 0.5) is 5.00 Å². The average molecular weight is 414 g/mol. The molecule has 1 aromatic heterocycles. The Hall–Kier alpha value is -2.14. The van der Waals surface area contributed by atoms with Crippen molar-refractivity contribution in [2.75, 3.05) is 11.9 Å². The van der Waals surface area contributed by atoms with Crippen LogP contribution in [-0.4, -0.2) is 18.5 Å². The second-order valence-electron chi connectivity index (χ2n) is 8.69. The maximum Gasteiger partial charge on any atom is 0.341 e. The molecule has 1 aliphatic carbocycles. The van der Waals surface area contributed by atoms with Gasteiger partial charge in [0.1, 0.15) is 5.00 Å². The summed E-state index contributed by atoms with van der Waals surface area (Å²) in [6.45, 7) is 8.81. The Morgan fingerprint density at radius 3 is 2.41 bits per heavy atom. The second-order valence-corrected chi connectivity index (χ2v) is 9.79. The molecule has 0 aliphatic heterocycles. The van der Waals surface area contributed by atoms with Gasteiger partial charge in [-0.1, -0.05) is 46.2 Å². The number of fused-ring (bicyclic) bond motifs is 1. The van der Waals surface area contributed by atoms with Gasteiger partial charge in [-0.05, 0) is 60.8 Å². The summed E-state index contributed by atoms with van der Waals surface area (Å²) in [7, 11) is 0. The summed E-state index contributed by atoms with van der Waals surface area (Å²) in [6.07, 6.45) is 5.98. The molecule has 5 heteroatoms. The van der Waals surface area contributed by atoms with Gasteiger partial charge in [0.2, 0.25) is 0 Å². The molecule has 156 valence electrons. The molecule has 29 heavy (non-hydrogen) atoms. The van der Waals surface area contributed by atoms with Crippen LogP contribution in [0.15, 0.2) is 24.3 Å². The van der Waals surface area contributed by atoms with Crippen LogP contribution in [0.3, 0.4) is 0 Å². The zero-order chi connectivity index (χ0) is 21.0. The summed E-state index contributed by atoms with van der Waals surface area (Å²) in [5.74, 6) is -0.504. The van der Waals surface area contributed by atoms with E-state index in [-0.39, 0.29) is 17.3 Å². The molecule has 1 aromatic carbocycles. The van der Waals surface area contributed by atoms with E-state index in [2.05, 4.69) is 26.1 Å². The summed E-state index contributed by atoms with van der Waals surface area (Å²) in [6, 6.07) is 7.69. The molecule has 4 nitrogen and oxygen atoms in total. The van der Waals surface area contributed by atoms with E-state index in [1.807, 2.05) is 31.2 Å². The predicted octanol–water partition coefficient (Wildman–Crippen LogP) is 6.13. The van der Waals surface area contributed by atoms with Gasteiger partial charge in [0.25, 0.3) is 5.91 Å². The van der Waals surface area contributed by atoms with Crippen LogP contribution in [0, 0.1) is 0 Å². The molecule has 1 N–H and O–H groups in total. The van der Waals surface area contributed by atoms with Gasteiger partial charge in [-0.15, -0.1) is 11.3 Å². The molecular formula is C24H31NO3S. The molecule has 0 radical (unpaired) electrons. The smallest absolute Gasteiger partial charge is 0.341 e. The molecule has 0 unspecified atom stereocenters. The minimum absolute atomic E-state index is 0.0382. The van der Waals surface area contributed by atoms with Crippen LogP contribution < -0.4 is 5.32 Å². The first-order valence-corrected chi connectivity index (χ1v) is 11.4. The molecule has 2 aromatic rings. The van der Waals surface area contributed by atoms with Crippen molar-refractivity contribution in [2.24, 2.45) is 0 Å². The first-order valence-electron chi connectivity index (χ1n) is 10.5. The third kappa shape index (κ3) is 5.08. The largest absolute Gasteiger partial charge is 0.462 e. The summed E-state index contributed by atoms with van der Waals surface area (Å²) in [5.41, 5.74) is 3.46. The normalized spacial score (nSPS) is 14.1. The topological polar surface area (TPSA) is 55.4 Å². The third-order valence-electron chi connectivity index (χ3n) is 5.30. The fourth-order valence-corrected chi connectivity index (χ4v) is 4.88. The van der Waals surface area contributed by atoms with Gasteiger partial charge >= 0.3 is 5.97 Å². The zero-order valence-corrected chi connectivity index (χ0v) is 18.7. The Balaban J connectivity index is 1.87. The summed E-state index contributed by atoms with van der Waals surface area (Å²) < 4.78 is 5.44. The second kappa shape index (κ2) is 9.12. The molecule has 0 spiro atoms. The van der Waals surface area contributed by atoms with Crippen molar-refractivity contribution in [2.45, 2.75) is 71.6 Å². The maximum atomic E-state index is 12.9. The summed E-state index contributed by atoms with van der Waals surface area (Å²) >= 11 is 1.53. The predicted molar refractivity (Wildman–Crippen MR) is 119 cm³/mol. The molecule has 1 amide bonds. The van der Waals surface area contributed by atoms with Crippen molar-refractivity contribution in [1.82, 2.24) is 0 Å². The van der Waals surface area contributed by atoms with Gasteiger partial charge in [0.05, 0.1) is 12.2 Å². The highest BCUT2D eigenvalue weighted by molar-refractivity contribution is 7.17. The van der Waals surface area contributed by atoms with E-state index in [0.29, 0.717) is 22.7 Å². The zero-order valence-electron chi connectivity index (χ0n) is 17.9. The molecule has 0 fully saturated rings. The van der Waals surface area contributed by atoms with E-state index in [1.54, 1.807) is 0 Å². The highest BCUT2D eigenvalue weighted by atomic mass is 32.1. The molecular weight excluding hydrogens is 382 g/mol. The minimum Gasteiger partial charge on any atom is -0.462 e. The summed E-state index contributed by atoms with van der Waals surface area (Å²) in [5, 5.41) is 3.63. The van der Waals surface area contributed by atoms with Gasteiger partial charge in [-0.25, -0.2) is 4.79 Å². The van der Waals surface area contributed by atoms with Gasteiger partial charge in [0.15, 0.2) is 0 Å². The van der Waals surface area contributed by atoms with E-state index in [1.165, 1.54) is 28.2 Å². The fourth-order valence-electron chi connectivity index (χ4n) is 3.61. The Morgan fingerprint density at radius 2 is 1.76 bits per heavy atom. The van der Waals surface area contributed by atoms with E-state index >= 15 is 0 Å². The highest BCUT2D eigenvalue weighted by Gasteiger charge is 2.27. The number of aryl methyl sites for hydroxylation is 1. The number of amides is 1. The van der Waals surface area contributed by atoms with E-state index in [4.69, 9.17) is 4.74 Å². The summed E-state index contributed by atoms with van der Waals surface area (Å²) in [4.78, 5) is 26.9. The first kappa shape index (κ1) is 21.6. The number of carbonyl (C=O) groups excluding carboxylic acids is 2. The number of thiophene rings is 1.